The molecule has 0 fully saturated rings. The van der Waals surface area contributed by atoms with Gasteiger partial charge in [-0.25, -0.2) is 0 Å². The summed E-state index contributed by atoms with van der Waals surface area (Å²) in [5, 5.41) is 28.1. The predicted octanol–water partition coefficient (Wildman–Crippen LogP) is 2.38. The zero-order valence-electron chi connectivity index (χ0n) is 13.0. The van der Waals surface area contributed by atoms with Gasteiger partial charge in [0.2, 0.25) is 0 Å². The number of hydrogen-bond acceptors (Lipinski definition) is 6. The van der Waals surface area contributed by atoms with Gasteiger partial charge in [0.25, 0.3) is 11.4 Å². The Hall–Kier alpha value is -2.84. The van der Waals surface area contributed by atoms with Crippen molar-refractivity contribution in [3.05, 3.63) is 79.9 Å². The first-order valence-electron chi connectivity index (χ1n) is 7.45. The maximum Gasteiger partial charge on any atom is 0.273 e. The standard InChI is InChI=1S/C16H18N4O4/c21-19(22)15-7-3-1-5-13(15)11-17-9-10-18-12-14-6-2-4-8-16(14)20(23)24/h1-8,17-18H,9-12H2. The molecule has 2 aromatic carbocycles. The van der Waals surface area contributed by atoms with E-state index in [1.807, 2.05) is 0 Å². The number of nitro benzene ring substituents is 2. The van der Waals surface area contributed by atoms with Crippen LogP contribution in [0.5, 0.6) is 0 Å². The molecule has 8 heteroatoms. The van der Waals surface area contributed by atoms with Gasteiger partial charge in [0.15, 0.2) is 0 Å². The fourth-order valence-electron chi connectivity index (χ4n) is 2.30. The molecule has 0 aliphatic carbocycles. The minimum absolute atomic E-state index is 0.0952. The Bertz CT molecular complexity index is 659. The Morgan fingerprint density at radius 1 is 0.708 bits per heavy atom. The van der Waals surface area contributed by atoms with Gasteiger partial charge in [-0.05, 0) is 0 Å². The van der Waals surface area contributed by atoms with E-state index in [4.69, 9.17) is 0 Å². The van der Waals surface area contributed by atoms with Crippen LogP contribution in [-0.2, 0) is 13.1 Å². The van der Waals surface area contributed by atoms with Crippen LogP contribution in [0, 0.1) is 20.2 Å². The number of benzene rings is 2. The molecule has 2 rings (SSSR count). The Morgan fingerprint density at radius 3 is 1.46 bits per heavy atom. The Kier molecular flexibility index (Phi) is 6.35. The molecule has 0 aliphatic heterocycles. The maximum atomic E-state index is 10.9. The van der Waals surface area contributed by atoms with Crippen molar-refractivity contribution >= 4 is 11.4 Å². The van der Waals surface area contributed by atoms with Gasteiger partial charge in [0.05, 0.1) is 9.85 Å². The molecule has 24 heavy (non-hydrogen) atoms. The average molecular weight is 330 g/mol. The molecule has 0 radical (unpaired) electrons. The molecule has 0 heterocycles. The fourth-order valence-corrected chi connectivity index (χ4v) is 2.30. The van der Waals surface area contributed by atoms with Crippen molar-refractivity contribution in [2.24, 2.45) is 0 Å². The number of rotatable bonds is 9. The molecule has 0 aromatic heterocycles. The third-order valence-corrected chi connectivity index (χ3v) is 3.49. The highest BCUT2D eigenvalue weighted by molar-refractivity contribution is 5.40. The maximum absolute atomic E-state index is 10.9. The molecule has 0 amide bonds. The highest BCUT2D eigenvalue weighted by atomic mass is 16.6. The van der Waals surface area contributed by atoms with E-state index in [1.165, 1.54) is 12.1 Å². The molecule has 0 unspecified atom stereocenters. The largest absolute Gasteiger partial charge is 0.311 e. The minimum atomic E-state index is -0.399. The third-order valence-electron chi connectivity index (χ3n) is 3.49. The minimum Gasteiger partial charge on any atom is -0.311 e. The second-order valence-electron chi connectivity index (χ2n) is 5.13. The van der Waals surface area contributed by atoms with Gasteiger partial charge < -0.3 is 10.6 Å². The SMILES string of the molecule is O=[N+]([O-])c1ccccc1CNCCNCc1ccccc1[N+](=O)[O-]. The molecule has 0 saturated carbocycles. The highest BCUT2D eigenvalue weighted by Gasteiger charge is 2.12. The molecular formula is C16H18N4O4. The van der Waals surface area contributed by atoms with Crippen LogP contribution in [-0.4, -0.2) is 22.9 Å². The molecule has 0 bridgehead atoms. The summed E-state index contributed by atoms with van der Waals surface area (Å²) in [6.07, 6.45) is 0. The monoisotopic (exact) mass is 330 g/mol. The van der Waals surface area contributed by atoms with Gasteiger partial charge in [-0.2, -0.15) is 0 Å². The van der Waals surface area contributed by atoms with E-state index < -0.39 is 9.85 Å². The fraction of sp³-hybridized carbons (Fsp3) is 0.250. The molecule has 0 atom stereocenters. The van der Waals surface area contributed by atoms with E-state index in [9.17, 15) is 20.2 Å². The van der Waals surface area contributed by atoms with Crippen LogP contribution >= 0.6 is 0 Å². The van der Waals surface area contributed by atoms with Crippen molar-refractivity contribution in [3.63, 3.8) is 0 Å². The Labute approximate surface area is 138 Å². The molecule has 2 aromatic rings. The number of nitrogens with one attached hydrogen (secondary N) is 2. The summed E-state index contributed by atoms with van der Waals surface area (Å²) in [4.78, 5) is 21.0. The molecule has 8 nitrogen and oxygen atoms in total. The van der Waals surface area contributed by atoms with Gasteiger partial charge in [-0.3, -0.25) is 20.2 Å². The van der Waals surface area contributed by atoms with Crippen LogP contribution in [0.2, 0.25) is 0 Å². The number of para-hydroxylation sites is 2. The van der Waals surface area contributed by atoms with E-state index >= 15 is 0 Å². The normalized spacial score (nSPS) is 10.5. The van der Waals surface area contributed by atoms with Crippen molar-refractivity contribution < 1.29 is 9.85 Å². The lowest BCUT2D eigenvalue weighted by molar-refractivity contribution is -0.385. The zero-order chi connectivity index (χ0) is 17.4. The molecule has 0 aliphatic rings. The second-order valence-corrected chi connectivity index (χ2v) is 5.13. The number of nitro groups is 2. The van der Waals surface area contributed by atoms with E-state index in [0.29, 0.717) is 37.3 Å². The first-order valence-corrected chi connectivity index (χ1v) is 7.45. The van der Waals surface area contributed by atoms with Crippen LogP contribution in [0.25, 0.3) is 0 Å². The van der Waals surface area contributed by atoms with Gasteiger partial charge in [0.1, 0.15) is 0 Å². The van der Waals surface area contributed by atoms with E-state index in [-0.39, 0.29) is 11.4 Å². The Balaban J connectivity index is 1.75. The molecule has 2 N–H and O–H groups in total. The summed E-state index contributed by atoms with van der Waals surface area (Å²) >= 11 is 0. The summed E-state index contributed by atoms with van der Waals surface area (Å²) in [7, 11) is 0. The second kappa shape index (κ2) is 8.70. The van der Waals surface area contributed by atoms with Crippen LogP contribution in [0.15, 0.2) is 48.5 Å². The van der Waals surface area contributed by atoms with Gasteiger partial charge >= 0.3 is 0 Å². The highest BCUT2D eigenvalue weighted by Crippen LogP contribution is 2.17. The van der Waals surface area contributed by atoms with Crippen molar-refractivity contribution in [1.29, 1.82) is 0 Å². The lowest BCUT2D eigenvalue weighted by Gasteiger charge is -2.07. The summed E-state index contributed by atoms with van der Waals surface area (Å²) in [5.74, 6) is 0. The van der Waals surface area contributed by atoms with Gasteiger partial charge in [-0.1, -0.05) is 36.4 Å². The first-order chi connectivity index (χ1) is 11.6. The van der Waals surface area contributed by atoms with Gasteiger partial charge in [-0.15, -0.1) is 0 Å². The van der Waals surface area contributed by atoms with Crippen LogP contribution in [0.1, 0.15) is 11.1 Å². The van der Waals surface area contributed by atoms with Crippen LogP contribution in [0.3, 0.4) is 0 Å². The lowest BCUT2D eigenvalue weighted by Crippen LogP contribution is -2.27. The van der Waals surface area contributed by atoms with E-state index in [1.54, 1.807) is 36.4 Å². The smallest absolute Gasteiger partial charge is 0.273 e. The van der Waals surface area contributed by atoms with Crippen LogP contribution < -0.4 is 10.6 Å². The van der Waals surface area contributed by atoms with E-state index in [2.05, 4.69) is 10.6 Å². The molecule has 126 valence electrons. The van der Waals surface area contributed by atoms with Crippen molar-refractivity contribution in [2.75, 3.05) is 13.1 Å². The number of nitrogens with zero attached hydrogens (tertiary/aromatic N) is 2. The van der Waals surface area contributed by atoms with E-state index in [0.717, 1.165) is 0 Å². The third kappa shape index (κ3) is 4.83. The number of hydrogen-bond donors (Lipinski definition) is 2. The Morgan fingerprint density at radius 2 is 1.08 bits per heavy atom. The summed E-state index contributed by atoms with van der Waals surface area (Å²) < 4.78 is 0. The van der Waals surface area contributed by atoms with Crippen molar-refractivity contribution in [1.82, 2.24) is 10.6 Å². The van der Waals surface area contributed by atoms with Crippen molar-refractivity contribution in [2.45, 2.75) is 13.1 Å². The molecule has 0 saturated heterocycles. The molecule has 0 spiro atoms. The van der Waals surface area contributed by atoms with Crippen LogP contribution in [0.4, 0.5) is 11.4 Å². The quantitative estimate of drug-likeness (QED) is 0.415. The zero-order valence-corrected chi connectivity index (χ0v) is 13.0. The van der Waals surface area contributed by atoms with Gasteiger partial charge in [0, 0.05) is 49.4 Å². The predicted molar refractivity (Wildman–Crippen MR) is 89.6 cm³/mol. The first kappa shape index (κ1) is 17.5. The topological polar surface area (TPSA) is 110 Å². The summed E-state index contributed by atoms with van der Waals surface area (Å²) in [6, 6.07) is 13.2. The average Bonchev–Trinajstić information content (AvgIpc) is 2.58. The van der Waals surface area contributed by atoms with Crippen molar-refractivity contribution in [3.8, 4) is 0 Å². The lowest BCUT2D eigenvalue weighted by atomic mass is 10.2. The summed E-state index contributed by atoms with van der Waals surface area (Å²) in [5.41, 5.74) is 1.44. The summed E-state index contributed by atoms with van der Waals surface area (Å²) in [6.45, 7) is 1.97. The molecular weight excluding hydrogens is 312 g/mol.